The van der Waals surface area contributed by atoms with Gasteiger partial charge in [-0.1, -0.05) is 0 Å². The Labute approximate surface area is 112 Å². The van der Waals surface area contributed by atoms with Crippen LogP contribution in [0.5, 0.6) is 0 Å². The van der Waals surface area contributed by atoms with Crippen molar-refractivity contribution in [3.05, 3.63) is 18.7 Å². The monoisotopic (exact) mass is 298 g/mol. The molecule has 1 rings (SSSR count). The minimum atomic E-state index is -5.41. The third-order valence-electron chi connectivity index (χ3n) is 1.89. The fraction of sp³-hybridized carbons (Fsp3) is 0.400. The van der Waals surface area contributed by atoms with Crippen molar-refractivity contribution in [2.75, 3.05) is 0 Å². The molecule has 0 aliphatic rings. The molecule has 1 heterocycles. The lowest BCUT2D eigenvalue weighted by atomic mass is 10.6. The van der Waals surface area contributed by atoms with Crippen LogP contribution in [0.25, 0.3) is 0 Å². The highest BCUT2D eigenvalue weighted by molar-refractivity contribution is 7.72. The number of hydrogen-bond donors (Lipinski definition) is 5. The van der Waals surface area contributed by atoms with E-state index in [0.29, 0.717) is 0 Å². The van der Waals surface area contributed by atoms with Gasteiger partial charge in [-0.05, 0) is 0 Å². The average Bonchev–Trinajstić information content (AvgIpc) is 2.52. The van der Waals surface area contributed by atoms with Crippen LogP contribution in [0.3, 0.4) is 0 Å². The molecule has 0 saturated carbocycles. The Morgan fingerprint density at radius 2 is 1.65 bits per heavy atom. The fourth-order valence-electron chi connectivity index (χ4n) is 0.979. The number of aromatic nitrogens is 2. The molecule has 17 heavy (non-hydrogen) atoms. The highest BCUT2D eigenvalue weighted by Crippen LogP contribution is 2.67. The summed E-state index contributed by atoms with van der Waals surface area (Å²) in [5.41, 5.74) is 0. The first-order valence-electron chi connectivity index (χ1n) is 3.87. The quantitative estimate of drug-likeness (QED) is 0.315. The Hall–Kier alpha value is 0.236. The number of rotatable bonds is 4. The van der Waals surface area contributed by atoms with E-state index in [1.54, 1.807) is 0 Å². The molecule has 1 aromatic rings. The van der Waals surface area contributed by atoms with Gasteiger partial charge in [0.1, 0.15) is 0 Å². The highest BCUT2D eigenvalue weighted by Gasteiger charge is 2.59. The first-order valence-corrected chi connectivity index (χ1v) is 7.10. The second kappa shape index (κ2) is 5.48. The van der Waals surface area contributed by atoms with Crippen LogP contribution in [0.4, 0.5) is 0 Å². The predicted octanol–water partition coefficient (Wildman–Crippen LogP) is -2.03. The zero-order valence-electron chi connectivity index (χ0n) is 7.78. The van der Waals surface area contributed by atoms with Gasteiger partial charge in [-0.3, -0.25) is 9.13 Å². The van der Waals surface area contributed by atoms with Gasteiger partial charge in [0.05, 0.1) is 12.9 Å². The van der Waals surface area contributed by atoms with E-state index in [4.69, 9.17) is 19.6 Å². The topological polar surface area (TPSA) is 153 Å². The van der Waals surface area contributed by atoms with Crippen LogP contribution in [-0.4, -0.2) is 62.4 Å². The molecule has 96 valence electrons. The first-order chi connectivity index (χ1) is 7.08. The lowest BCUT2D eigenvalue weighted by Gasteiger charge is -2.29. The maximum Gasteiger partial charge on any atom is 0.371 e. The minimum Gasteiger partial charge on any atom is -0.366 e. The molecular weight excluding hydrogens is 286 g/mol. The van der Waals surface area contributed by atoms with Crippen LogP contribution >= 0.6 is 15.2 Å². The van der Waals surface area contributed by atoms with Crippen LogP contribution in [0, 0.1) is 0 Å². The first kappa shape index (κ1) is 17.2. The van der Waals surface area contributed by atoms with Crippen molar-refractivity contribution in [3.63, 3.8) is 0 Å². The van der Waals surface area contributed by atoms with Crippen molar-refractivity contribution in [3.8, 4) is 0 Å². The maximum absolute atomic E-state index is 10.9. The van der Waals surface area contributed by atoms with Crippen molar-refractivity contribution in [2.45, 2.75) is 11.6 Å². The Morgan fingerprint density at radius 1 is 1.18 bits per heavy atom. The largest absolute Gasteiger partial charge is 0.371 e. The minimum absolute atomic E-state index is 0. The lowest BCUT2D eigenvalue weighted by molar-refractivity contribution is 0.115. The Morgan fingerprint density at radius 3 is 1.94 bits per heavy atom. The van der Waals surface area contributed by atoms with Crippen molar-refractivity contribution in [1.82, 2.24) is 9.55 Å². The van der Waals surface area contributed by atoms with Gasteiger partial charge in [0.2, 0.25) is 0 Å². The molecule has 0 amide bonds. The Bertz CT molecular complexity index is 429. The van der Waals surface area contributed by atoms with Gasteiger partial charge in [0.15, 0.2) is 0 Å². The molecule has 0 aliphatic heterocycles. The van der Waals surface area contributed by atoms with Crippen molar-refractivity contribution in [1.29, 1.82) is 0 Å². The molecule has 0 fully saturated rings. The summed E-state index contributed by atoms with van der Waals surface area (Å²) < 4.78 is 22.8. The van der Waals surface area contributed by atoms with E-state index in [-0.39, 0.29) is 23.1 Å². The molecule has 0 atom stereocenters. The van der Waals surface area contributed by atoms with E-state index in [1.165, 1.54) is 12.4 Å². The zero-order chi connectivity index (χ0) is 12.6. The van der Waals surface area contributed by atoms with E-state index in [9.17, 15) is 14.2 Å². The predicted molar refractivity (Wildman–Crippen MR) is 59.8 cm³/mol. The number of imidazole rings is 1. The lowest BCUT2D eigenvalue weighted by Crippen LogP contribution is -2.33. The molecular formula is C5H12MgN2O7P2. The highest BCUT2D eigenvalue weighted by atomic mass is 31.2. The van der Waals surface area contributed by atoms with Crippen molar-refractivity contribution in [2.24, 2.45) is 0 Å². The number of hydrogen-bond acceptors (Lipinski definition) is 4. The number of aliphatic hydroxyl groups is 1. The van der Waals surface area contributed by atoms with E-state index >= 15 is 0 Å². The summed E-state index contributed by atoms with van der Waals surface area (Å²) >= 11 is 0. The molecule has 0 aromatic carbocycles. The van der Waals surface area contributed by atoms with Crippen LogP contribution in [0.2, 0.25) is 0 Å². The van der Waals surface area contributed by atoms with E-state index in [0.717, 1.165) is 10.9 Å². The smallest absolute Gasteiger partial charge is 0.366 e. The van der Waals surface area contributed by atoms with Gasteiger partial charge in [0, 0.05) is 12.4 Å². The summed E-state index contributed by atoms with van der Waals surface area (Å²) in [5, 5.41) is 6.04. The maximum atomic E-state index is 10.9. The van der Waals surface area contributed by atoms with Crippen LogP contribution in [-0.2, 0) is 15.7 Å². The second-order valence-electron chi connectivity index (χ2n) is 3.10. The fourth-order valence-corrected chi connectivity index (χ4v) is 3.03. The third-order valence-corrected chi connectivity index (χ3v) is 5.60. The second-order valence-corrected chi connectivity index (χ2v) is 7.11. The van der Waals surface area contributed by atoms with Gasteiger partial charge in [-0.25, -0.2) is 4.98 Å². The SMILES string of the molecule is O=P(O)(O)C(O)(Cn1ccnc1)P(=O)(O)O.[MgH2]. The zero-order valence-corrected chi connectivity index (χ0v) is 9.57. The number of nitrogens with zero attached hydrogens (tertiary/aromatic N) is 2. The summed E-state index contributed by atoms with van der Waals surface area (Å²) in [6.45, 7) is -0.957. The molecule has 0 spiro atoms. The molecule has 0 saturated heterocycles. The van der Waals surface area contributed by atoms with Gasteiger partial charge >= 0.3 is 38.2 Å². The van der Waals surface area contributed by atoms with Crippen LogP contribution in [0.15, 0.2) is 18.7 Å². The Kier molecular flexibility index (Phi) is 5.55. The van der Waals surface area contributed by atoms with E-state index in [2.05, 4.69) is 4.98 Å². The summed E-state index contributed by atoms with van der Waals surface area (Å²) in [6, 6.07) is 0. The molecule has 9 nitrogen and oxygen atoms in total. The van der Waals surface area contributed by atoms with Gasteiger partial charge in [0.25, 0.3) is 5.08 Å². The van der Waals surface area contributed by atoms with Gasteiger partial charge in [-0.2, -0.15) is 0 Å². The summed E-state index contributed by atoms with van der Waals surface area (Å²) in [6.07, 6.45) is 3.51. The van der Waals surface area contributed by atoms with E-state index in [1.807, 2.05) is 0 Å². The molecule has 0 aliphatic carbocycles. The molecule has 1 aromatic heterocycles. The summed E-state index contributed by atoms with van der Waals surface area (Å²) in [7, 11) is -10.8. The standard InChI is InChI=1S/C5H10N2O7P2.Mg.2H/c8-5(15(9,10)11,16(12,13)14)3-7-2-1-6-4-7;;;/h1-2,4,8H,3H2,(H2,9,10,11)(H2,12,13,14);;;. The van der Waals surface area contributed by atoms with Crippen LogP contribution < -0.4 is 0 Å². The molecule has 5 N–H and O–H groups in total. The Balaban J connectivity index is 0.00000256. The molecule has 0 radical (unpaired) electrons. The molecule has 0 unspecified atom stereocenters. The summed E-state index contributed by atoms with van der Waals surface area (Å²) in [5.74, 6) is 0. The van der Waals surface area contributed by atoms with Gasteiger partial charge in [-0.15, -0.1) is 0 Å². The third kappa shape index (κ3) is 3.60. The molecule has 0 bridgehead atoms. The van der Waals surface area contributed by atoms with Crippen LogP contribution in [0.1, 0.15) is 0 Å². The molecule has 12 heteroatoms. The van der Waals surface area contributed by atoms with Crippen molar-refractivity contribution < 1.29 is 33.8 Å². The van der Waals surface area contributed by atoms with E-state index < -0.39 is 26.8 Å². The average molecular weight is 298 g/mol. The van der Waals surface area contributed by atoms with Crippen molar-refractivity contribution >= 4 is 38.2 Å². The normalized spacial score (nSPS) is 13.2. The summed E-state index contributed by atoms with van der Waals surface area (Å²) in [4.78, 5) is 38.7. The van der Waals surface area contributed by atoms with Gasteiger partial charge < -0.3 is 29.2 Å².